The van der Waals surface area contributed by atoms with Crippen LogP contribution >= 0.6 is 0 Å². The molecule has 1 aliphatic heterocycles. The molecule has 0 fully saturated rings. The van der Waals surface area contributed by atoms with Gasteiger partial charge in [-0.15, -0.1) is 0 Å². The smallest absolute Gasteiger partial charge is 0.124 e. The molecule has 0 bridgehead atoms. The van der Waals surface area contributed by atoms with Crippen LogP contribution in [0.25, 0.3) is 0 Å². The number of rotatable bonds is 4. The molecule has 0 radical (unpaired) electrons. The van der Waals surface area contributed by atoms with Crippen molar-refractivity contribution in [3.8, 4) is 0 Å². The van der Waals surface area contributed by atoms with Crippen LogP contribution in [0.2, 0.25) is 0 Å². The first kappa shape index (κ1) is 13.7. The molecule has 0 aromatic heterocycles. The van der Waals surface area contributed by atoms with Gasteiger partial charge in [-0.05, 0) is 30.4 Å². The second kappa shape index (κ2) is 6.42. The molecule has 0 saturated carbocycles. The van der Waals surface area contributed by atoms with E-state index in [9.17, 15) is 5.11 Å². The number of ether oxygens (including phenoxy) is 2. The molecule has 1 aliphatic carbocycles. The summed E-state index contributed by atoms with van der Waals surface area (Å²) in [5, 5.41) is 10.2. The molecular formula is C17H22O3. The Morgan fingerprint density at radius 2 is 1.95 bits per heavy atom. The molecule has 20 heavy (non-hydrogen) atoms. The third-order valence-corrected chi connectivity index (χ3v) is 4.07. The normalized spacial score (nSPS) is 26.1. The summed E-state index contributed by atoms with van der Waals surface area (Å²) in [5.41, 5.74) is 2.30. The maximum absolute atomic E-state index is 10.2. The van der Waals surface area contributed by atoms with Gasteiger partial charge in [0.2, 0.25) is 0 Å². The van der Waals surface area contributed by atoms with Crippen LogP contribution in [-0.4, -0.2) is 23.9 Å². The van der Waals surface area contributed by atoms with Gasteiger partial charge in [-0.3, -0.25) is 0 Å². The number of allylic oxidation sites excluding steroid dienone is 1. The maximum atomic E-state index is 10.2. The van der Waals surface area contributed by atoms with E-state index in [0.717, 1.165) is 24.2 Å². The Labute approximate surface area is 120 Å². The first-order valence-electron chi connectivity index (χ1n) is 7.51. The highest BCUT2D eigenvalue weighted by Crippen LogP contribution is 2.34. The largest absolute Gasteiger partial charge is 0.492 e. The molecule has 1 N–H and O–H groups in total. The van der Waals surface area contributed by atoms with Gasteiger partial charge >= 0.3 is 0 Å². The van der Waals surface area contributed by atoms with Crippen LogP contribution in [0.1, 0.15) is 37.7 Å². The summed E-state index contributed by atoms with van der Waals surface area (Å²) in [5.74, 6) is 1.03. The van der Waals surface area contributed by atoms with Crippen molar-refractivity contribution in [1.82, 2.24) is 0 Å². The van der Waals surface area contributed by atoms with Crippen molar-refractivity contribution in [2.24, 2.45) is 0 Å². The lowest BCUT2D eigenvalue weighted by Gasteiger charge is -2.34. The van der Waals surface area contributed by atoms with Gasteiger partial charge in [0.05, 0.1) is 25.1 Å². The minimum absolute atomic E-state index is 0.00874. The maximum Gasteiger partial charge on any atom is 0.124 e. The lowest BCUT2D eigenvalue weighted by atomic mass is 9.89. The van der Waals surface area contributed by atoms with Gasteiger partial charge in [-0.2, -0.15) is 0 Å². The summed E-state index contributed by atoms with van der Waals surface area (Å²) in [6, 6.07) is 10.1. The van der Waals surface area contributed by atoms with Crippen molar-refractivity contribution in [2.75, 3.05) is 6.61 Å². The van der Waals surface area contributed by atoms with Crippen LogP contribution < -0.4 is 0 Å². The molecule has 108 valence electrons. The minimum Gasteiger partial charge on any atom is -0.492 e. The predicted octanol–water partition coefficient (Wildman–Crippen LogP) is 3.18. The van der Waals surface area contributed by atoms with Crippen LogP contribution in [0, 0.1) is 0 Å². The Bertz CT molecular complexity index is 466. The number of benzene rings is 1. The average molecular weight is 274 g/mol. The first-order chi connectivity index (χ1) is 9.83. The highest BCUT2D eigenvalue weighted by molar-refractivity contribution is 5.19. The Kier molecular flexibility index (Phi) is 4.38. The summed E-state index contributed by atoms with van der Waals surface area (Å²) in [6.45, 7) is 1.14. The van der Waals surface area contributed by atoms with Crippen LogP contribution in [0.5, 0.6) is 0 Å². The van der Waals surface area contributed by atoms with Crippen molar-refractivity contribution in [3.05, 3.63) is 47.2 Å². The average Bonchev–Trinajstić information content (AvgIpc) is 2.48. The van der Waals surface area contributed by atoms with Crippen LogP contribution in [-0.2, 0) is 16.1 Å². The molecule has 3 nitrogen and oxygen atoms in total. The molecule has 1 aromatic carbocycles. The Morgan fingerprint density at radius 3 is 2.80 bits per heavy atom. The summed E-state index contributed by atoms with van der Waals surface area (Å²) in [7, 11) is 0. The lowest BCUT2D eigenvalue weighted by Crippen LogP contribution is -2.33. The van der Waals surface area contributed by atoms with Crippen molar-refractivity contribution in [2.45, 2.75) is 50.9 Å². The van der Waals surface area contributed by atoms with Crippen molar-refractivity contribution in [3.63, 3.8) is 0 Å². The SMILES string of the molecule is O[C@@H]1C[C@H](COCc2ccccc2)OC2=C1CCCC2. The molecule has 0 saturated heterocycles. The molecule has 2 atom stereocenters. The topological polar surface area (TPSA) is 38.7 Å². The molecule has 0 unspecified atom stereocenters. The van der Waals surface area contributed by atoms with Gasteiger partial charge in [0.1, 0.15) is 6.10 Å². The fourth-order valence-corrected chi connectivity index (χ4v) is 3.01. The molecule has 2 aliphatic rings. The van der Waals surface area contributed by atoms with E-state index in [1.807, 2.05) is 18.2 Å². The summed E-state index contributed by atoms with van der Waals surface area (Å²) in [4.78, 5) is 0. The van der Waals surface area contributed by atoms with Gasteiger partial charge in [0.25, 0.3) is 0 Å². The molecule has 1 aromatic rings. The number of hydrogen-bond acceptors (Lipinski definition) is 3. The highest BCUT2D eigenvalue weighted by atomic mass is 16.5. The Balaban J connectivity index is 1.51. The molecule has 1 heterocycles. The number of aliphatic hydroxyl groups is 1. The highest BCUT2D eigenvalue weighted by Gasteiger charge is 2.30. The van der Waals surface area contributed by atoms with E-state index >= 15 is 0 Å². The fourth-order valence-electron chi connectivity index (χ4n) is 3.01. The second-order valence-electron chi connectivity index (χ2n) is 5.65. The molecular weight excluding hydrogens is 252 g/mol. The van der Waals surface area contributed by atoms with Crippen LogP contribution in [0.3, 0.4) is 0 Å². The lowest BCUT2D eigenvalue weighted by molar-refractivity contribution is -0.0338. The molecule has 0 amide bonds. The van der Waals surface area contributed by atoms with Gasteiger partial charge in [-0.1, -0.05) is 30.3 Å². The van der Waals surface area contributed by atoms with E-state index in [0.29, 0.717) is 19.6 Å². The van der Waals surface area contributed by atoms with Gasteiger partial charge < -0.3 is 14.6 Å². The van der Waals surface area contributed by atoms with E-state index in [2.05, 4.69) is 12.1 Å². The Hall–Kier alpha value is -1.32. The van der Waals surface area contributed by atoms with E-state index in [4.69, 9.17) is 9.47 Å². The van der Waals surface area contributed by atoms with E-state index in [1.54, 1.807) is 0 Å². The number of aliphatic hydroxyl groups excluding tert-OH is 1. The third kappa shape index (κ3) is 3.22. The number of hydrogen-bond donors (Lipinski definition) is 1. The van der Waals surface area contributed by atoms with Gasteiger partial charge in [0, 0.05) is 12.8 Å². The zero-order valence-electron chi connectivity index (χ0n) is 11.8. The van der Waals surface area contributed by atoms with E-state index < -0.39 is 0 Å². The monoisotopic (exact) mass is 274 g/mol. The second-order valence-corrected chi connectivity index (χ2v) is 5.65. The molecule has 3 heteroatoms. The summed E-state index contributed by atoms with van der Waals surface area (Å²) in [6.07, 6.45) is 4.64. The van der Waals surface area contributed by atoms with Crippen molar-refractivity contribution in [1.29, 1.82) is 0 Å². The Morgan fingerprint density at radius 1 is 1.15 bits per heavy atom. The van der Waals surface area contributed by atoms with Gasteiger partial charge in [-0.25, -0.2) is 0 Å². The fraction of sp³-hybridized carbons (Fsp3) is 0.529. The first-order valence-corrected chi connectivity index (χ1v) is 7.51. The summed E-state index contributed by atoms with van der Waals surface area (Å²) >= 11 is 0. The summed E-state index contributed by atoms with van der Waals surface area (Å²) < 4.78 is 11.7. The molecule has 3 rings (SSSR count). The van der Waals surface area contributed by atoms with Crippen LogP contribution in [0.4, 0.5) is 0 Å². The third-order valence-electron chi connectivity index (χ3n) is 4.07. The zero-order chi connectivity index (χ0) is 13.8. The zero-order valence-corrected chi connectivity index (χ0v) is 11.8. The van der Waals surface area contributed by atoms with E-state index in [-0.39, 0.29) is 12.2 Å². The minimum atomic E-state index is -0.329. The van der Waals surface area contributed by atoms with Gasteiger partial charge in [0.15, 0.2) is 0 Å². The molecule has 0 spiro atoms. The van der Waals surface area contributed by atoms with Crippen molar-refractivity contribution < 1.29 is 14.6 Å². The predicted molar refractivity (Wildman–Crippen MR) is 77.1 cm³/mol. The van der Waals surface area contributed by atoms with Crippen LogP contribution in [0.15, 0.2) is 41.7 Å². The standard InChI is InChI=1S/C17H22O3/c18-16-10-14(20-17-9-5-4-8-15(16)17)12-19-11-13-6-2-1-3-7-13/h1-3,6-7,14,16,18H,4-5,8-12H2/t14-,16-/m1/s1. The van der Waals surface area contributed by atoms with Crippen molar-refractivity contribution >= 4 is 0 Å². The van der Waals surface area contributed by atoms with E-state index in [1.165, 1.54) is 18.4 Å². The quantitative estimate of drug-likeness (QED) is 0.916.